The SMILES string of the molecule is CS[C@H]1CC[C@H](N(C)C(=O)c2cccnc2NC(C)C)C1. The Morgan fingerprint density at radius 3 is 2.86 bits per heavy atom. The molecule has 1 aliphatic rings. The van der Waals surface area contributed by atoms with Crippen molar-refractivity contribution in [3.63, 3.8) is 0 Å². The number of anilines is 1. The quantitative estimate of drug-likeness (QED) is 0.907. The second-order valence-corrected chi connectivity index (χ2v) is 7.08. The molecule has 0 saturated heterocycles. The van der Waals surface area contributed by atoms with E-state index in [-0.39, 0.29) is 11.9 Å². The van der Waals surface area contributed by atoms with Gasteiger partial charge in [-0.25, -0.2) is 4.98 Å². The smallest absolute Gasteiger partial charge is 0.257 e. The Balaban J connectivity index is 2.12. The minimum absolute atomic E-state index is 0.0676. The van der Waals surface area contributed by atoms with Gasteiger partial charge < -0.3 is 10.2 Å². The first-order chi connectivity index (χ1) is 10.0. The number of carbonyl (C=O) groups excluding carboxylic acids is 1. The molecule has 0 spiro atoms. The summed E-state index contributed by atoms with van der Waals surface area (Å²) in [7, 11) is 1.92. The summed E-state index contributed by atoms with van der Waals surface area (Å²) >= 11 is 1.91. The molecule has 1 aromatic heterocycles. The summed E-state index contributed by atoms with van der Waals surface area (Å²) < 4.78 is 0. The van der Waals surface area contributed by atoms with Crippen LogP contribution in [0.1, 0.15) is 43.5 Å². The van der Waals surface area contributed by atoms with Crippen LogP contribution in [0.3, 0.4) is 0 Å². The van der Waals surface area contributed by atoms with Gasteiger partial charge in [0.15, 0.2) is 0 Å². The van der Waals surface area contributed by atoms with Gasteiger partial charge in [0.05, 0.1) is 5.56 Å². The molecule has 1 aliphatic carbocycles. The number of thioether (sulfide) groups is 1. The standard InChI is InChI=1S/C16H25N3OS/c1-11(2)18-15-14(6-5-9-17-15)16(20)19(3)12-7-8-13(10-12)21-4/h5-6,9,11-13H,7-8,10H2,1-4H3,(H,17,18)/t12-,13-/m0/s1. The van der Waals surface area contributed by atoms with Gasteiger partial charge in [0.25, 0.3) is 5.91 Å². The molecule has 1 N–H and O–H groups in total. The highest BCUT2D eigenvalue weighted by molar-refractivity contribution is 7.99. The first-order valence-corrected chi connectivity index (χ1v) is 8.83. The molecule has 2 rings (SSSR count). The van der Waals surface area contributed by atoms with E-state index in [1.807, 2.05) is 49.7 Å². The van der Waals surface area contributed by atoms with Crippen LogP contribution in [0.25, 0.3) is 0 Å². The molecule has 2 atom stereocenters. The number of hydrogen-bond acceptors (Lipinski definition) is 4. The van der Waals surface area contributed by atoms with E-state index >= 15 is 0 Å². The number of carbonyl (C=O) groups is 1. The third kappa shape index (κ3) is 3.90. The number of nitrogens with zero attached hydrogens (tertiary/aromatic N) is 2. The van der Waals surface area contributed by atoms with Crippen molar-refractivity contribution in [1.29, 1.82) is 0 Å². The van der Waals surface area contributed by atoms with Crippen molar-refractivity contribution >= 4 is 23.5 Å². The summed E-state index contributed by atoms with van der Waals surface area (Å²) in [6.07, 6.45) is 7.27. The van der Waals surface area contributed by atoms with E-state index in [4.69, 9.17) is 0 Å². The zero-order chi connectivity index (χ0) is 15.4. The fourth-order valence-corrected chi connectivity index (χ4v) is 3.59. The van der Waals surface area contributed by atoms with Crippen LogP contribution < -0.4 is 5.32 Å². The van der Waals surface area contributed by atoms with Gasteiger partial charge in [0, 0.05) is 30.6 Å². The summed E-state index contributed by atoms with van der Waals surface area (Å²) in [6.45, 7) is 4.10. The van der Waals surface area contributed by atoms with Crippen LogP contribution in [-0.2, 0) is 0 Å². The summed E-state index contributed by atoms with van der Waals surface area (Å²) in [5.41, 5.74) is 0.668. The fourth-order valence-electron chi connectivity index (χ4n) is 2.81. The predicted octanol–water partition coefficient (Wildman–Crippen LogP) is 3.26. The second kappa shape index (κ2) is 7.16. The lowest BCUT2D eigenvalue weighted by Gasteiger charge is -2.25. The van der Waals surface area contributed by atoms with Gasteiger partial charge in [-0.2, -0.15) is 11.8 Å². The summed E-state index contributed by atoms with van der Waals surface area (Å²) in [5.74, 6) is 0.752. The molecule has 21 heavy (non-hydrogen) atoms. The van der Waals surface area contributed by atoms with Crippen molar-refractivity contribution in [2.75, 3.05) is 18.6 Å². The summed E-state index contributed by atoms with van der Waals surface area (Å²) in [4.78, 5) is 19.0. The lowest BCUT2D eigenvalue weighted by Crippen LogP contribution is -2.36. The van der Waals surface area contributed by atoms with Crippen LogP contribution in [0.2, 0.25) is 0 Å². The molecule has 0 bridgehead atoms. The van der Waals surface area contributed by atoms with Gasteiger partial charge in [-0.15, -0.1) is 0 Å². The molecule has 0 unspecified atom stereocenters. The van der Waals surface area contributed by atoms with Gasteiger partial charge in [-0.05, 0) is 51.5 Å². The molecule has 1 aromatic rings. The number of amides is 1. The van der Waals surface area contributed by atoms with Crippen LogP contribution in [0.15, 0.2) is 18.3 Å². The predicted molar refractivity (Wildman–Crippen MR) is 90.0 cm³/mol. The highest BCUT2D eigenvalue weighted by Gasteiger charge is 2.30. The van der Waals surface area contributed by atoms with Crippen molar-refractivity contribution < 1.29 is 4.79 Å². The Hall–Kier alpha value is -1.23. The van der Waals surface area contributed by atoms with Gasteiger partial charge >= 0.3 is 0 Å². The maximum Gasteiger partial charge on any atom is 0.257 e. The fraction of sp³-hybridized carbons (Fsp3) is 0.625. The third-order valence-electron chi connectivity index (χ3n) is 4.02. The van der Waals surface area contributed by atoms with E-state index < -0.39 is 0 Å². The van der Waals surface area contributed by atoms with E-state index in [0.717, 1.165) is 12.8 Å². The third-order valence-corrected chi connectivity index (χ3v) is 5.12. The lowest BCUT2D eigenvalue weighted by molar-refractivity contribution is 0.0736. The average molecular weight is 307 g/mol. The largest absolute Gasteiger partial charge is 0.367 e. The molecular formula is C16H25N3OS. The van der Waals surface area contributed by atoms with E-state index in [2.05, 4.69) is 16.6 Å². The van der Waals surface area contributed by atoms with Crippen molar-refractivity contribution in [3.05, 3.63) is 23.9 Å². The van der Waals surface area contributed by atoms with Crippen molar-refractivity contribution in [2.45, 2.75) is 50.4 Å². The molecule has 0 aromatic carbocycles. The molecule has 1 heterocycles. The maximum absolute atomic E-state index is 12.8. The van der Waals surface area contributed by atoms with Gasteiger partial charge in [-0.3, -0.25) is 4.79 Å². The second-order valence-electron chi connectivity index (χ2n) is 5.94. The van der Waals surface area contributed by atoms with Crippen molar-refractivity contribution in [1.82, 2.24) is 9.88 Å². The van der Waals surface area contributed by atoms with Gasteiger partial charge in [-0.1, -0.05) is 0 Å². The van der Waals surface area contributed by atoms with E-state index in [1.165, 1.54) is 6.42 Å². The highest BCUT2D eigenvalue weighted by atomic mass is 32.2. The Morgan fingerprint density at radius 2 is 2.24 bits per heavy atom. The highest BCUT2D eigenvalue weighted by Crippen LogP contribution is 2.31. The minimum atomic E-state index is 0.0676. The molecule has 1 fully saturated rings. The topological polar surface area (TPSA) is 45.2 Å². The molecule has 0 aliphatic heterocycles. The molecule has 1 saturated carbocycles. The van der Waals surface area contributed by atoms with Crippen LogP contribution in [0, 0.1) is 0 Å². The normalized spacial score (nSPS) is 21.6. The Bertz CT molecular complexity index is 492. The summed E-state index contributed by atoms with van der Waals surface area (Å²) in [6, 6.07) is 4.29. The zero-order valence-electron chi connectivity index (χ0n) is 13.3. The van der Waals surface area contributed by atoms with E-state index in [9.17, 15) is 4.79 Å². The van der Waals surface area contributed by atoms with Crippen LogP contribution in [0.4, 0.5) is 5.82 Å². The minimum Gasteiger partial charge on any atom is -0.367 e. The van der Waals surface area contributed by atoms with Crippen molar-refractivity contribution in [2.24, 2.45) is 0 Å². The van der Waals surface area contributed by atoms with Crippen LogP contribution in [-0.4, -0.2) is 46.4 Å². The maximum atomic E-state index is 12.8. The first kappa shape index (κ1) is 16.1. The van der Waals surface area contributed by atoms with Crippen molar-refractivity contribution in [3.8, 4) is 0 Å². The molecule has 0 radical (unpaired) electrons. The summed E-state index contributed by atoms with van der Waals surface area (Å²) in [5, 5.41) is 3.94. The molecular weight excluding hydrogens is 282 g/mol. The number of aromatic nitrogens is 1. The number of nitrogens with one attached hydrogen (secondary N) is 1. The Kier molecular flexibility index (Phi) is 5.51. The van der Waals surface area contributed by atoms with E-state index in [0.29, 0.717) is 22.7 Å². The molecule has 4 nitrogen and oxygen atoms in total. The molecule has 1 amide bonds. The zero-order valence-corrected chi connectivity index (χ0v) is 14.1. The number of rotatable bonds is 5. The first-order valence-electron chi connectivity index (χ1n) is 7.54. The molecule has 5 heteroatoms. The Morgan fingerprint density at radius 1 is 1.48 bits per heavy atom. The van der Waals surface area contributed by atoms with E-state index in [1.54, 1.807) is 6.20 Å². The van der Waals surface area contributed by atoms with Gasteiger partial charge in [0.2, 0.25) is 0 Å². The average Bonchev–Trinajstić information content (AvgIpc) is 2.94. The van der Waals surface area contributed by atoms with Gasteiger partial charge in [0.1, 0.15) is 5.82 Å². The molecule has 116 valence electrons. The Labute approximate surface area is 131 Å². The monoisotopic (exact) mass is 307 g/mol. The van der Waals surface area contributed by atoms with Crippen LogP contribution in [0.5, 0.6) is 0 Å². The number of pyridine rings is 1. The number of hydrogen-bond donors (Lipinski definition) is 1. The lowest BCUT2D eigenvalue weighted by atomic mass is 10.1. The van der Waals surface area contributed by atoms with Crippen LogP contribution >= 0.6 is 11.8 Å².